The van der Waals surface area contributed by atoms with E-state index in [0.29, 0.717) is 22.7 Å². The molecule has 2 saturated carbocycles. The van der Waals surface area contributed by atoms with E-state index in [-0.39, 0.29) is 23.0 Å². The normalized spacial score (nSPS) is 16.5. The van der Waals surface area contributed by atoms with Crippen molar-refractivity contribution in [2.24, 2.45) is 11.8 Å². The van der Waals surface area contributed by atoms with E-state index in [0.717, 1.165) is 31.3 Å². The van der Waals surface area contributed by atoms with E-state index >= 15 is 0 Å². The average molecular weight is 378 g/mol. The average Bonchev–Trinajstić information content (AvgIpc) is 3.55. The molecule has 1 heterocycles. The Hall–Kier alpha value is -3.25. The van der Waals surface area contributed by atoms with Gasteiger partial charge in [-0.2, -0.15) is 10.5 Å². The number of hydrogen-bond acceptors (Lipinski definition) is 5. The number of aliphatic carboxylic acids is 1. The van der Waals surface area contributed by atoms with Gasteiger partial charge in [-0.1, -0.05) is 5.57 Å². The molecule has 2 aliphatic rings. The Balaban J connectivity index is 2.37. The number of rotatable bonds is 6. The van der Waals surface area contributed by atoms with Gasteiger partial charge in [-0.05, 0) is 69.9 Å². The largest absolute Gasteiger partial charge is 0.505 e. The first-order valence-corrected chi connectivity index (χ1v) is 9.29. The van der Waals surface area contributed by atoms with Crippen molar-refractivity contribution in [2.45, 2.75) is 46.5 Å². The number of aliphatic hydroxyl groups excluding tert-OH is 1. The molecule has 2 N–H and O–H groups in total. The zero-order chi connectivity index (χ0) is 20.6. The molecule has 0 spiro atoms. The fourth-order valence-corrected chi connectivity index (χ4v) is 3.78. The second kappa shape index (κ2) is 7.40. The molecule has 144 valence electrons. The number of allylic oxidation sites excluding steroid dienone is 4. The summed E-state index contributed by atoms with van der Waals surface area (Å²) in [6.45, 7) is 5.20. The van der Waals surface area contributed by atoms with Gasteiger partial charge < -0.3 is 14.6 Å². The van der Waals surface area contributed by atoms with E-state index in [4.69, 9.17) is 4.42 Å². The third-order valence-electron chi connectivity index (χ3n) is 5.30. The van der Waals surface area contributed by atoms with Crippen molar-refractivity contribution in [1.82, 2.24) is 0 Å². The Morgan fingerprint density at radius 3 is 1.96 bits per heavy atom. The summed E-state index contributed by atoms with van der Waals surface area (Å²) in [7, 11) is 0. The first-order valence-electron chi connectivity index (χ1n) is 9.29. The topological polar surface area (TPSA) is 118 Å². The van der Waals surface area contributed by atoms with Crippen LogP contribution in [0.15, 0.2) is 38.5 Å². The fourth-order valence-electron chi connectivity index (χ4n) is 3.78. The van der Waals surface area contributed by atoms with E-state index in [2.05, 4.69) is 0 Å². The summed E-state index contributed by atoms with van der Waals surface area (Å²) < 4.78 is 5.55. The minimum Gasteiger partial charge on any atom is -0.505 e. The van der Waals surface area contributed by atoms with Gasteiger partial charge in [-0.15, -0.1) is 0 Å². The smallest absolute Gasteiger partial charge is 0.336 e. The minimum absolute atomic E-state index is 0.0711. The lowest BCUT2D eigenvalue weighted by molar-refractivity contribution is -0.132. The SMILES string of the molecule is C/C(=C(\C(=O)O)C(C(O)=C(C#N)C#N)=C(C1CC1)C1CC1)c1cc(C)oc1C. The van der Waals surface area contributed by atoms with Gasteiger partial charge in [0.05, 0.1) is 5.57 Å². The number of aliphatic hydroxyl groups is 1. The zero-order valence-corrected chi connectivity index (χ0v) is 16.2. The molecule has 2 aliphatic carbocycles. The van der Waals surface area contributed by atoms with E-state index in [1.807, 2.05) is 0 Å². The van der Waals surface area contributed by atoms with Gasteiger partial charge in [0.2, 0.25) is 0 Å². The molecule has 0 unspecified atom stereocenters. The Morgan fingerprint density at radius 1 is 1.07 bits per heavy atom. The molecule has 0 aromatic carbocycles. The van der Waals surface area contributed by atoms with Gasteiger partial charge in [0.25, 0.3) is 0 Å². The molecule has 0 atom stereocenters. The molecule has 0 bridgehead atoms. The van der Waals surface area contributed by atoms with Gasteiger partial charge in [-0.3, -0.25) is 0 Å². The van der Waals surface area contributed by atoms with Crippen LogP contribution in [0.3, 0.4) is 0 Å². The molecule has 6 heteroatoms. The van der Waals surface area contributed by atoms with Crippen molar-refractivity contribution in [3.63, 3.8) is 0 Å². The number of nitrogens with zero attached hydrogens (tertiary/aromatic N) is 2. The van der Waals surface area contributed by atoms with Gasteiger partial charge >= 0.3 is 5.97 Å². The highest BCUT2D eigenvalue weighted by molar-refractivity contribution is 6.02. The molecule has 2 fully saturated rings. The van der Waals surface area contributed by atoms with Crippen molar-refractivity contribution >= 4 is 11.5 Å². The second-order valence-corrected chi connectivity index (χ2v) is 7.46. The second-order valence-electron chi connectivity index (χ2n) is 7.46. The molecule has 0 amide bonds. The van der Waals surface area contributed by atoms with Gasteiger partial charge in [0.15, 0.2) is 11.3 Å². The van der Waals surface area contributed by atoms with Gasteiger partial charge in [-0.25, -0.2) is 4.79 Å². The summed E-state index contributed by atoms with van der Waals surface area (Å²) in [5.41, 5.74) is 1.55. The summed E-state index contributed by atoms with van der Waals surface area (Å²) in [5.74, 6) is -0.118. The van der Waals surface area contributed by atoms with E-state index in [1.165, 1.54) is 0 Å². The maximum atomic E-state index is 12.3. The summed E-state index contributed by atoms with van der Waals surface area (Å²) in [5, 5.41) is 39.5. The van der Waals surface area contributed by atoms with Crippen LogP contribution in [0.2, 0.25) is 0 Å². The lowest BCUT2D eigenvalue weighted by Gasteiger charge is -2.18. The predicted molar refractivity (Wildman–Crippen MR) is 102 cm³/mol. The highest BCUT2D eigenvalue weighted by atomic mass is 16.4. The third kappa shape index (κ3) is 3.59. The maximum Gasteiger partial charge on any atom is 0.336 e. The first-order chi connectivity index (χ1) is 13.3. The highest BCUT2D eigenvalue weighted by Crippen LogP contribution is 2.52. The lowest BCUT2D eigenvalue weighted by Crippen LogP contribution is -2.13. The molecular formula is C22H22N2O4. The van der Waals surface area contributed by atoms with Gasteiger partial charge in [0, 0.05) is 11.1 Å². The van der Waals surface area contributed by atoms with Crippen LogP contribution in [0.5, 0.6) is 0 Å². The van der Waals surface area contributed by atoms with Crippen molar-refractivity contribution < 1.29 is 19.4 Å². The van der Waals surface area contributed by atoms with E-state index < -0.39 is 17.3 Å². The number of nitriles is 2. The van der Waals surface area contributed by atoms with Crippen molar-refractivity contribution in [2.75, 3.05) is 0 Å². The summed E-state index contributed by atoms with van der Waals surface area (Å²) in [6, 6.07) is 5.15. The molecule has 6 nitrogen and oxygen atoms in total. The third-order valence-corrected chi connectivity index (χ3v) is 5.30. The molecule has 1 aromatic heterocycles. The molecule has 28 heavy (non-hydrogen) atoms. The Morgan fingerprint density at radius 2 is 1.61 bits per heavy atom. The van der Waals surface area contributed by atoms with Crippen LogP contribution in [0.1, 0.15) is 49.7 Å². The van der Waals surface area contributed by atoms with Gasteiger partial charge in [0.1, 0.15) is 23.7 Å². The molecule has 3 rings (SSSR count). The van der Waals surface area contributed by atoms with Crippen molar-refractivity contribution in [1.29, 1.82) is 10.5 Å². The van der Waals surface area contributed by atoms with Crippen LogP contribution in [-0.4, -0.2) is 16.2 Å². The van der Waals surface area contributed by atoms with Crippen molar-refractivity contribution in [3.8, 4) is 12.1 Å². The van der Waals surface area contributed by atoms with Crippen LogP contribution in [0.25, 0.3) is 5.57 Å². The molecule has 1 aromatic rings. The standard InChI is InChI=1S/C22H22N2O4/c1-11-8-17(13(3)28-11)12(2)18(22(26)27)20(21(25)16(9-23)10-24)19(14-4-5-14)15-6-7-15/h8,14-15,25H,4-7H2,1-3H3,(H,26,27)/b18-12+. The Labute approximate surface area is 163 Å². The number of furan rings is 1. The van der Waals surface area contributed by atoms with Crippen LogP contribution < -0.4 is 0 Å². The number of carbonyl (C=O) groups is 1. The van der Waals surface area contributed by atoms with Crippen LogP contribution in [0.4, 0.5) is 0 Å². The number of carboxylic acid groups (broad SMARTS) is 1. The van der Waals surface area contributed by atoms with E-state index in [9.17, 15) is 25.5 Å². The number of carboxylic acids is 1. The summed E-state index contributed by atoms with van der Waals surface area (Å²) in [6.07, 6.45) is 3.69. The minimum atomic E-state index is -1.20. The molecule has 0 radical (unpaired) electrons. The highest BCUT2D eigenvalue weighted by Gasteiger charge is 2.41. The number of hydrogen-bond donors (Lipinski definition) is 2. The maximum absolute atomic E-state index is 12.3. The Kier molecular flexibility index (Phi) is 5.16. The van der Waals surface area contributed by atoms with Crippen LogP contribution in [-0.2, 0) is 4.79 Å². The number of aryl methyl sites for hydroxylation is 2. The molecule has 0 aliphatic heterocycles. The Bertz CT molecular complexity index is 986. The fraction of sp³-hybridized carbons (Fsp3) is 0.409. The van der Waals surface area contributed by atoms with E-state index in [1.54, 1.807) is 39.0 Å². The summed E-state index contributed by atoms with van der Waals surface area (Å²) >= 11 is 0. The van der Waals surface area contributed by atoms with Crippen molar-refractivity contribution in [3.05, 3.63) is 51.2 Å². The quantitative estimate of drug-likeness (QED) is 0.320. The lowest BCUT2D eigenvalue weighted by atomic mass is 9.86. The molecular weight excluding hydrogens is 356 g/mol. The van der Waals surface area contributed by atoms with Crippen LogP contribution >= 0.6 is 0 Å². The molecule has 0 saturated heterocycles. The van der Waals surface area contributed by atoms with Crippen LogP contribution in [0, 0.1) is 48.3 Å². The predicted octanol–water partition coefficient (Wildman–Crippen LogP) is 4.73. The zero-order valence-electron chi connectivity index (χ0n) is 16.2. The first kappa shape index (κ1) is 19.5. The monoisotopic (exact) mass is 378 g/mol. The summed E-state index contributed by atoms with van der Waals surface area (Å²) in [4.78, 5) is 12.3.